The highest BCUT2D eigenvalue weighted by Gasteiger charge is 2.22. The van der Waals surface area contributed by atoms with Crippen LogP contribution in [0.3, 0.4) is 0 Å². The van der Waals surface area contributed by atoms with E-state index in [4.69, 9.17) is 4.42 Å². The van der Waals surface area contributed by atoms with E-state index in [9.17, 15) is 17.6 Å². The monoisotopic (exact) mass is 416 g/mol. The molecule has 0 bridgehead atoms. The van der Waals surface area contributed by atoms with Crippen molar-refractivity contribution >= 4 is 15.7 Å². The summed E-state index contributed by atoms with van der Waals surface area (Å²) in [6, 6.07) is 13.2. The fourth-order valence-electron chi connectivity index (χ4n) is 2.85. The van der Waals surface area contributed by atoms with Gasteiger partial charge < -0.3 is 9.73 Å². The molecular weight excluding hydrogens is 395 g/mol. The number of hydrogen-bond acceptors (Lipinski definition) is 5. The summed E-state index contributed by atoms with van der Waals surface area (Å²) in [5.74, 6) is -1.42. The summed E-state index contributed by atoms with van der Waals surface area (Å²) < 4.78 is 43.7. The van der Waals surface area contributed by atoms with Crippen LogP contribution in [0.2, 0.25) is 0 Å². The molecule has 0 saturated heterocycles. The molecule has 0 aliphatic carbocycles. The lowest BCUT2D eigenvalue weighted by Crippen LogP contribution is -2.30. The second kappa shape index (κ2) is 8.57. The molecule has 0 spiro atoms. The normalized spacial score (nSPS) is 11.4. The largest absolute Gasteiger partial charge is 0.441 e. The van der Waals surface area contributed by atoms with E-state index in [1.165, 1.54) is 18.2 Å². The Morgan fingerprint density at radius 1 is 1.14 bits per heavy atom. The van der Waals surface area contributed by atoms with Gasteiger partial charge in [0.2, 0.25) is 11.8 Å². The molecule has 1 heterocycles. The van der Waals surface area contributed by atoms with E-state index in [1.54, 1.807) is 13.0 Å². The van der Waals surface area contributed by atoms with Gasteiger partial charge in [-0.15, -0.1) is 0 Å². The molecule has 0 aliphatic heterocycles. The fraction of sp³-hybridized carbons (Fsp3) is 0.238. The summed E-state index contributed by atoms with van der Waals surface area (Å²) >= 11 is 0. The third kappa shape index (κ3) is 5.51. The minimum absolute atomic E-state index is 0.0481. The van der Waals surface area contributed by atoms with Gasteiger partial charge in [-0.1, -0.05) is 30.3 Å². The number of halogens is 1. The molecule has 1 amide bonds. The lowest BCUT2D eigenvalue weighted by Gasteiger charge is -2.06. The maximum absolute atomic E-state index is 13.2. The second-order valence-electron chi connectivity index (χ2n) is 6.78. The first-order chi connectivity index (χ1) is 13.7. The molecule has 0 atom stereocenters. The number of rotatable bonds is 7. The number of carbonyl (C=O) groups excluding carboxylic acids is 1. The van der Waals surface area contributed by atoms with Crippen molar-refractivity contribution in [3.05, 3.63) is 76.9 Å². The number of benzene rings is 2. The predicted octanol–water partition coefficient (Wildman–Crippen LogP) is 3.33. The molecule has 3 aromatic rings. The van der Waals surface area contributed by atoms with Crippen molar-refractivity contribution in [2.24, 2.45) is 0 Å². The molecule has 0 unspecified atom stereocenters. The van der Waals surface area contributed by atoms with Crippen LogP contribution in [0.1, 0.15) is 22.6 Å². The number of nitrogens with one attached hydrogen (secondary N) is 1. The molecule has 0 fully saturated rings. The average Bonchev–Trinajstić information content (AvgIpc) is 2.99. The summed E-state index contributed by atoms with van der Waals surface area (Å²) in [5, 5.41) is 2.49. The molecule has 3 rings (SSSR count). The van der Waals surface area contributed by atoms with Gasteiger partial charge in [0.1, 0.15) is 17.3 Å². The Balaban J connectivity index is 1.65. The van der Waals surface area contributed by atoms with Crippen LogP contribution in [-0.2, 0) is 26.9 Å². The summed E-state index contributed by atoms with van der Waals surface area (Å²) in [4.78, 5) is 16.4. The number of nitrogens with zero attached hydrogens (tertiary/aromatic N) is 1. The van der Waals surface area contributed by atoms with Crippen LogP contribution in [0.4, 0.5) is 4.39 Å². The number of sulfone groups is 1. The minimum atomic E-state index is -3.76. The van der Waals surface area contributed by atoms with Crippen LogP contribution in [-0.4, -0.2) is 25.1 Å². The first-order valence-electron chi connectivity index (χ1n) is 8.97. The van der Waals surface area contributed by atoms with Crippen molar-refractivity contribution in [1.82, 2.24) is 10.3 Å². The Bertz CT molecular complexity index is 1140. The third-order valence-corrected chi connectivity index (χ3v) is 5.77. The van der Waals surface area contributed by atoms with Crippen LogP contribution < -0.4 is 5.32 Å². The zero-order valence-corrected chi connectivity index (χ0v) is 16.9. The Morgan fingerprint density at radius 3 is 2.62 bits per heavy atom. The summed E-state index contributed by atoms with van der Waals surface area (Å²) in [5.41, 5.74) is 2.57. The van der Waals surface area contributed by atoms with Crippen LogP contribution in [0, 0.1) is 19.7 Å². The van der Waals surface area contributed by atoms with Gasteiger partial charge in [0.05, 0.1) is 11.4 Å². The second-order valence-corrected chi connectivity index (χ2v) is 8.84. The Hall–Kier alpha value is -3.00. The maximum Gasteiger partial charge on any atom is 0.235 e. The van der Waals surface area contributed by atoms with Crippen LogP contribution in [0.25, 0.3) is 11.5 Å². The number of carbonyl (C=O) groups is 1. The van der Waals surface area contributed by atoms with E-state index in [-0.39, 0.29) is 12.2 Å². The fourth-order valence-corrected chi connectivity index (χ4v) is 4.14. The topological polar surface area (TPSA) is 89.3 Å². The number of amides is 1. The zero-order valence-electron chi connectivity index (χ0n) is 16.1. The van der Waals surface area contributed by atoms with Crippen molar-refractivity contribution in [2.45, 2.75) is 26.1 Å². The molecule has 6 nitrogen and oxygen atoms in total. The van der Waals surface area contributed by atoms with Crippen molar-refractivity contribution in [3.63, 3.8) is 0 Å². The first-order valence-corrected chi connectivity index (χ1v) is 10.8. The highest BCUT2D eigenvalue weighted by molar-refractivity contribution is 7.91. The smallest absolute Gasteiger partial charge is 0.235 e. The molecule has 152 valence electrons. The van der Waals surface area contributed by atoms with Gasteiger partial charge in [0.15, 0.2) is 9.84 Å². The average molecular weight is 416 g/mol. The Labute approximate surface area is 168 Å². The summed E-state index contributed by atoms with van der Waals surface area (Å²) in [6.45, 7) is 3.60. The summed E-state index contributed by atoms with van der Waals surface area (Å²) in [6.07, 6.45) is 0. The molecule has 29 heavy (non-hydrogen) atoms. The van der Waals surface area contributed by atoms with E-state index in [0.717, 1.165) is 11.1 Å². The van der Waals surface area contributed by atoms with Crippen LogP contribution in [0.15, 0.2) is 52.9 Å². The molecule has 0 aliphatic rings. The van der Waals surface area contributed by atoms with Gasteiger partial charge in [-0.2, -0.15) is 0 Å². The van der Waals surface area contributed by atoms with E-state index >= 15 is 0 Å². The van der Waals surface area contributed by atoms with Crippen LogP contribution >= 0.6 is 0 Å². The number of hydrogen-bond donors (Lipinski definition) is 1. The van der Waals surface area contributed by atoms with Gasteiger partial charge in [0.25, 0.3) is 0 Å². The molecule has 0 radical (unpaired) electrons. The minimum Gasteiger partial charge on any atom is -0.441 e. The van der Waals surface area contributed by atoms with Crippen LogP contribution in [0.5, 0.6) is 0 Å². The van der Waals surface area contributed by atoms with Crippen molar-refractivity contribution in [2.75, 3.05) is 5.75 Å². The highest BCUT2D eigenvalue weighted by atomic mass is 32.2. The van der Waals surface area contributed by atoms with Gasteiger partial charge in [0, 0.05) is 12.1 Å². The Morgan fingerprint density at radius 2 is 1.90 bits per heavy atom. The van der Waals surface area contributed by atoms with Crippen molar-refractivity contribution in [1.29, 1.82) is 0 Å². The lowest BCUT2D eigenvalue weighted by molar-refractivity contribution is -0.118. The van der Waals surface area contributed by atoms with E-state index in [2.05, 4.69) is 10.3 Å². The SMILES string of the molecule is Cc1ccccc1-c1nc(CS(=O)(=O)CC(=O)NCc2cccc(F)c2)c(C)o1. The highest BCUT2D eigenvalue weighted by Crippen LogP contribution is 2.25. The molecule has 8 heteroatoms. The quantitative estimate of drug-likeness (QED) is 0.638. The van der Waals surface area contributed by atoms with Gasteiger partial charge >= 0.3 is 0 Å². The molecule has 2 aromatic carbocycles. The number of aromatic nitrogens is 1. The first kappa shape index (κ1) is 20.7. The standard InChI is InChI=1S/C21H21FN2O4S/c1-14-6-3-4-9-18(14)21-24-19(15(2)28-21)12-29(26,27)13-20(25)23-11-16-7-5-8-17(22)10-16/h3-10H,11-13H2,1-2H3,(H,23,25). The summed E-state index contributed by atoms with van der Waals surface area (Å²) in [7, 11) is -3.76. The molecule has 0 saturated carbocycles. The maximum atomic E-state index is 13.2. The van der Waals surface area contributed by atoms with Gasteiger partial charge in [-0.05, 0) is 43.2 Å². The van der Waals surface area contributed by atoms with E-state index < -0.39 is 33.1 Å². The molecule has 1 aromatic heterocycles. The Kier molecular flexibility index (Phi) is 6.12. The van der Waals surface area contributed by atoms with Crippen molar-refractivity contribution < 1.29 is 22.0 Å². The van der Waals surface area contributed by atoms with Gasteiger partial charge in [-0.25, -0.2) is 17.8 Å². The zero-order chi connectivity index (χ0) is 21.0. The molecular formula is C21H21FN2O4S. The molecule has 1 N–H and O–H groups in total. The van der Waals surface area contributed by atoms with Gasteiger partial charge in [-0.3, -0.25) is 4.79 Å². The number of aryl methyl sites for hydroxylation is 2. The van der Waals surface area contributed by atoms with E-state index in [0.29, 0.717) is 17.2 Å². The lowest BCUT2D eigenvalue weighted by atomic mass is 10.1. The van der Waals surface area contributed by atoms with E-state index in [1.807, 2.05) is 31.2 Å². The number of oxazole rings is 1. The predicted molar refractivity (Wildman–Crippen MR) is 107 cm³/mol. The van der Waals surface area contributed by atoms with Crippen molar-refractivity contribution in [3.8, 4) is 11.5 Å². The third-order valence-electron chi connectivity index (χ3n) is 4.35.